The largest absolute Gasteiger partial charge is 0.493 e. The van der Waals surface area contributed by atoms with Crippen LogP contribution in [0.4, 0.5) is 0 Å². The maximum absolute atomic E-state index is 12.5. The van der Waals surface area contributed by atoms with E-state index in [9.17, 15) is 13.2 Å². The lowest BCUT2D eigenvalue weighted by Gasteiger charge is -2.17. The Kier molecular flexibility index (Phi) is 6.81. The van der Waals surface area contributed by atoms with Gasteiger partial charge in [-0.2, -0.15) is 0 Å². The molecule has 0 aliphatic carbocycles. The second kappa shape index (κ2) is 8.88. The number of hydrogen-bond donors (Lipinski definition) is 2. The molecule has 0 bridgehead atoms. The molecule has 0 radical (unpaired) electrons. The van der Waals surface area contributed by atoms with E-state index in [1.165, 1.54) is 25.2 Å². The molecule has 1 amide bonds. The average molecular weight is 392 g/mol. The Morgan fingerprint density at radius 2 is 1.89 bits per heavy atom. The maximum Gasteiger partial charge on any atom is 0.251 e. The van der Waals surface area contributed by atoms with E-state index in [0.29, 0.717) is 18.1 Å². The molecule has 0 aliphatic heterocycles. The van der Waals surface area contributed by atoms with Gasteiger partial charge >= 0.3 is 0 Å². The zero-order chi connectivity index (χ0) is 20.0. The van der Waals surface area contributed by atoms with Gasteiger partial charge in [-0.25, -0.2) is 13.1 Å². The quantitative estimate of drug-likeness (QED) is 0.720. The molecule has 2 N–H and O–H groups in total. The zero-order valence-electron chi connectivity index (χ0n) is 15.8. The fourth-order valence-electron chi connectivity index (χ4n) is 2.51. The van der Waals surface area contributed by atoms with E-state index in [1.54, 1.807) is 25.3 Å². The maximum atomic E-state index is 12.5. The number of methoxy groups -OCH3 is 1. The molecule has 8 heteroatoms. The smallest absolute Gasteiger partial charge is 0.251 e. The molecule has 27 heavy (non-hydrogen) atoms. The Hall–Kier alpha value is -2.58. The van der Waals surface area contributed by atoms with E-state index in [1.807, 2.05) is 19.9 Å². The minimum atomic E-state index is -3.61. The fourth-order valence-corrected chi connectivity index (χ4v) is 3.29. The molecule has 0 spiro atoms. The number of hydrogen-bond acceptors (Lipinski definition) is 5. The molecule has 7 nitrogen and oxygen atoms in total. The van der Waals surface area contributed by atoms with Crippen LogP contribution in [0.1, 0.15) is 35.8 Å². The van der Waals surface area contributed by atoms with Crippen molar-refractivity contribution in [1.29, 1.82) is 0 Å². The molecule has 0 saturated carbocycles. The van der Waals surface area contributed by atoms with Crippen LogP contribution in [0, 0.1) is 0 Å². The number of carbonyl (C=O) groups is 1. The Balaban J connectivity index is 2.20. The second-order valence-electron chi connectivity index (χ2n) is 5.77. The first-order valence-corrected chi connectivity index (χ1v) is 9.96. The number of nitrogens with one attached hydrogen (secondary N) is 2. The molecule has 0 aliphatic rings. The molecule has 0 saturated heterocycles. The minimum Gasteiger partial charge on any atom is -0.493 e. The summed E-state index contributed by atoms with van der Waals surface area (Å²) in [5.41, 5.74) is 1.10. The van der Waals surface area contributed by atoms with Gasteiger partial charge in [-0.1, -0.05) is 12.1 Å². The molecule has 0 aromatic heterocycles. The summed E-state index contributed by atoms with van der Waals surface area (Å²) in [4.78, 5) is 12.6. The van der Waals surface area contributed by atoms with E-state index in [0.717, 1.165) is 5.56 Å². The van der Waals surface area contributed by atoms with Gasteiger partial charge in [-0.3, -0.25) is 4.79 Å². The second-order valence-corrected chi connectivity index (χ2v) is 7.66. The van der Waals surface area contributed by atoms with Crippen LogP contribution in [0.25, 0.3) is 0 Å². The summed E-state index contributed by atoms with van der Waals surface area (Å²) in [6.07, 6.45) is 0. The number of rotatable bonds is 8. The SMILES string of the molecule is CCOc1ccc(C(C)NC(=O)c2cccc(S(=O)(=O)NC)c2)cc1OC. The van der Waals surface area contributed by atoms with Crippen molar-refractivity contribution >= 4 is 15.9 Å². The van der Waals surface area contributed by atoms with Crippen molar-refractivity contribution in [2.75, 3.05) is 20.8 Å². The number of amides is 1. The monoisotopic (exact) mass is 392 g/mol. The lowest BCUT2D eigenvalue weighted by Crippen LogP contribution is -2.27. The Bertz CT molecular complexity index is 912. The average Bonchev–Trinajstić information content (AvgIpc) is 2.68. The summed E-state index contributed by atoms with van der Waals surface area (Å²) < 4.78 is 36.9. The van der Waals surface area contributed by atoms with Gasteiger partial charge in [0.15, 0.2) is 11.5 Å². The van der Waals surface area contributed by atoms with Crippen LogP contribution in [0.5, 0.6) is 11.5 Å². The van der Waals surface area contributed by atoms with Gasteiger partial charge in [0.25, 0.3) is 5.91 Å². The normalized spacial score (nSPS) is 12.3. The highest BCUT2D eigenvalue weighted by molar-refractivity contribution is 7.89. The highest BCUT2D eigenvalue weighted by Gasteiger charge is 2.17. The van der Waals surface area contributed by atoms with Crippen LogP contribution in [-0.2, 0) is 10.0 Å². The van der Waals surface area contributed by atoms with Gasteiger partial charge in [-0.15, -0.1) is 0 Å². The van der Waals surface area contributed by atoms with Gasteiger partial charge in [0, 0.05) is 5.56 Å². The van der Waals surface area contributed by atoms with Crippen molar-refractivity contribution in [2.45, 2.75) is 24.8 Å². The van der Waals surface area contributed by atoms with Gasteiger partial charge in [-0.05, 0) is 56.8 Å². The zero-order valence-corrected chi connectivity index (χ0v) is 16.6. The molecule has 2 rings (SSSR count). The van der Waals surface area contributed by atoms with Crippen LogP contribution in [0.15, 0.2) is 47.4 Å². The number of carbonyl (C=O) groups excluding carboxylic acids is 1. The van der Waals surface area contributed by atoms with E-state index in [2.05, 4.69) is 10.0 Å². The van der Waals surface area contributed by atoms with Crippen LogP contribution in [-0.4, -0.2) is 35.1 Å². The summed E-state index contributed by atoms with van der Waals surface area (Å²) in [5, 5.41) is 2.86. The first-order chi connectivity index (χ1) is 12.8. The van der Waals surface area contributed by atoms with E-state index >= 15 is 0 Å². The van der Waals surface area contributed by atoms with Crippen LogP contribution in [0.3, 0.4) is 0 Å². The summed E-state index contributed by atoms with van der Waals surface area (Å²) in [7, 11) is -0.738. The highest BCUT2D eigenvalue weighted by Crippen LogP contribution is 2.30. The summed E-state index contributed by atoms with van der Waals surface area (Å²) >= 11 is 0. The highest BCUT2D eigenvalue weighted by atomic mass is 32.2. The van der Waals surface area contributed by atoms with E-state index in [4.69, 9.17) is 9.47 Å². The van der Waals surface area contributed by atoms with Crippen molar-refractivity contribution in [3.05, 3.63) is 53.6 Å². The summed E-state index contributed by atoms with van der Waals surface area (Å²) in [5.74, 6) is 0.841. The van der Waals surface area contributed by atoms with Crippen molar-refractivity contribution in [1.82, 2.24) is 10.0 Å². The molecule has 2 aromatic carbocycles. The Labute approximate surface area is 159 Å². The van der Waals surface area contributed by atoms with Crippen molar-refractivity contribution in [3.8, 4) is 11.5 Å². The molecule has 1 unspecified atom stereocenters. The molecular weight excluding hydrogens is 368 g/mol. The third kappa shape index (κ3) is 4.99. The topological polar surface area (TPSA) is 93.7 Å². The van der Waals surface area contributed by atoms with Gasteiger partial charge in [0.2, 0.25) is 10.0 Å². The predicted octanol–water partition coefficient (Wildman–Crippen LogP) is 2.49. The molecule has 0 heterocycles. The van der Waals surface area contributed by atoms with Crippen LogP contribution >= 0.6 is 0 Å². The minimum absolute atomic E-state index is 0.0352. The van der Waals surface area contributed by atoms with Crippen molar-refractivity contribution in [3.63, 3.8) is 0 Å². The first kappa shape index (κ1) is 20.7. The van der Waals surface area contributed by atoms with Crippen LogP contribution in [0.2, 0.25) is 0 Å². The van der Waals surface area contributed by atoms with Gasteiger partial charge in [0.1, 0.15) is 0 Å². The summed E-state index contributed by atoms with van der Waals surface area (Å²) in [6, 6.07) is 11.0. The third-order valence-corrected chi connectivity index (χ3v) is 5.42. The lowest BCUT2D eigenvalue weighted by atomic mass is 10.1. The van der Waals surface area contributed by atoms with Gasteiger partial charge in [0.05, 0.1) is 24.7 Å². The van der Waals surface area contributed by atoms with Crippen LogP contribution < -0.4 is 19.5 Å². The standard InChI is InChI=1S/C19H24N2O5S/c1-5-26-17-10-9-14(12-18(17)25-4)13(2)21-19(22)15-7-6-8-16(11-15)27(23,24)20-3/h6-13,20H,5H2,1-4H3,(H,21,22). The molecule has 1 atom stereocenters. The number of sulfonamides is 1. The number of ether oxygens (including phenoxy) is 2. The van der Waals surface area contributed by atoms with E-state index < -0.39 is 10.0 Å². The molecule has 2 aromatic rings. The Morgan fingerprint density at radius 3 is 2.52 bits per heavy atom. The molecule has 146 valence electrons. The van der Waals surface area contributed by atoms with Gasteiger partial charge < -0.3 is 14.8 Å². The van der Waals surface area contributed by atoms with Crippen molar-refractivity contribution in [2.24, 2.45) is 0 Å². The lowest BCUT2D eigenvalue weighted by molar-refractivity contribution is 0.0939. The van der Waals surface area contributed by atoms with Crippen molar-refractivity contribution < 1.29 is 22.7 Å². The van der Waals surface area contributed by atoms with E-state index in [-0.39, 0.29) is 22.4 Å². The number of benzene rings is 2. The predicted molar refractivity (Wildman–Crippen MR) is 103 cm³/mol. The third-order valence-electron chi connectivity index (χ3n) is 4.01. The summed E-state index contributed by atoms with van der Waals surface area (Å²) in [6.45, 7) is 4.24. The molecular formula is C19H24N2O5S. The molecule has 0 fully saturated rings. The first-order valence-electron chi connectivity index (χ1n) is 8.47. The Morgan fingerprint density at radius 1 is 1.15 bits per heavy atom. The fraction of sp³-hybridized carbons (Fsp3) is 0.316.